The van der Waals surface area contributed by atoms with E-state index in [1.165, 1.54) is 11.1 Å². The molecule has 0 radical (unpaired) electrons. The molecule has 34 heavy (non-hydrogen) atoms. The van der Waals surface area contributed by atoms with Crippen molar-refractivity contribution in [2.45, 2.75) is 37.1 Å². The van der Waals surface area contributed by atoms with E-state index in [0.717, 1.165) is 23.9 Å². The van der Waals surface area contributed by atoms with Crippen LogP contribution in [0.5, 0.6) is 0 Å². The van der Waals surface area contributed by atoms with Gasteiger partial charge in [-0.25, -0.2) is 12.4 Å². The number of hydrogen-bond acceptors (Lipinski definition) is 6. The molecule has 1 aromatic heterocycles. The summed E-state index contributed by atoms with van der Waals surface area (Å²) in [5.74, 6) is 0.181. The van der Waals surface area contributed by atoms with E-state index in [0.29, 0.717) is 30.8 Å². The third-order valence-corrected chi connectivity index (χ3v) is 8.73. The van der Waals surface area contributed by atoms with Crippen LogP contribution in [0.4, 0.5) is 0 Å². The molecule has 0 bridgehead atoms. The quantitative estimate of drug-likeness (QED) is 0.489. The highest BCUT2D eigenvalue weighted by molar-refractivity contribution is 7.90. The van der Waals surface area contributed by atoms with Gasteiger partial charge in [-0.1, -0.05) is 49.7 Å². The Hall–Kier alpha value is -2.68. The number of carbonyl (C=O) groups is 1. The zero-order valence-corrected chi connectivity index (χ0v) is 20.4. The molecular weight excluding hydrogens is 452 g/mol. The van der Waals surface area contributed by atoms with Crippen molar-refractivity contribution in [1.29, 1.82) is 0 Å². The number of rotatable bonds is 8. The van der Waals surface area contributed by atoms with E-state index in [1.54, 1.807) is 36.5 Å². The number of methoxy groups -OCH3 is 1. The highest BCUT2D eigenvalue weighted by Gasteiger charge is 2.38. The number of piperidine rings is 1. The van der Waals surface area contributed by atoms with Crippen molar-refractivity contribution in [3.63, 3.8) is 0 Å². The molecule has 8 heteroatoms. The average molecular weight is 485 g/mol. The van der Waals surface area contributed by atoms with Crippen molar-refractivity contribution in [1.82, 2.24) is 8.87 Å². The highest BCUT2D eigenvalue weighted by atomic mass is 32.2. The Bertz CT molecular complexity index is 1240. The Morgan fingerprint density at radius 2 is 1.79 bits per heavy atom. The number of likely N-dealkylation sites (tertiary alicyclic amines) is 1. The van der Waals surface area contributed by atoms with Crippen LogP contribution in [0, 0.1) is 11.8 Å². The van der Waals surface area contributed by atoms with E-state index in [1.807, 2.05) is 24.3 Å². The normalized spacial score (nSPS) is 21.6. The Labute approximate surface area is 201 Å². The lowest BCUT2D eigenvalue weighted by Crippen LogP contribution is -2.44. The van der Waals surface area contributed by atoms with Gasteiger partial charge in [0, 0.05) is 37.1 Å². The molecule has 7 nitrogen and oxygen atoms in total. The van der Waals surface area contributed by atoms with Crippen LogP contribution in [0.15, 0.2) is 65.7 Å². The maximum Gasteiger partial charge on any atom is 0.305 e. The van der Waals surface area contributed by atoms with Crippen LogP contribution in [0.2, 0.25) is 0 Å². The second kappa shape index (κ2) is 10.3. The fourth-order valence-electron chi connectivity index (χ4n) is 5.26. The zero-order chi connectivity index (χ0) is 24.3. The topological polar surface area (TPSA) is 88.8 Å². The summed E-state index contributed by atoms with van der Waals surface area (Å²) >= 11 is 0. The predicted molar refractivity (Wildman–Crippen MR) is 131 cm³/mol. The number of esters is 1. The minimum absolute atomic E-state index is 0.00948. The lowest BCUT2D eigenvalue weighted by molar-refractivity contribution is -0.143. The van der Waals surface area contributed by atoms with Crippen molar-refractivity contribution in [3.8, 4) is 0 Å². The number of β-amino-alcohol motifs (C(OH)–C–C–N with tert-alkyl or cyclic N) is 1. The summed E-state index contributed by atoms with van der Waals surface area (Å²) < 4.78 is 33.4. The van der Waals surface area contributed by atoms with Gasteiger partial charge in [0.05, 0.1) is 24.1 Å². The van der Waals surface area contributed by atoms with Crippen LogP contribution in [-0.4, -0.2) is 55.2 Å². The number of fused-ring (bicyclic) bond motifs is 1. The van der Waals surface area contributed by atoms with E-state index in [2.05, 4.69) is 11.8 Å². The molecule has 0 spiro atoms. The fraction of sp³-hybridized carbons (Fsp3) is 0.423. The Kier molecular flexibility index (Phi) is 7.40. The summed E-state index contributed by atoms with van der Waals surface area (Å²) in [4.78, 5) is 14.6. The molecule has 1 saturated heterocycles. The van der Waals surface area contributed by atoms with Gasteiger partial charge in [-0.2, -0.15) is 0 Å². The third-order valence-electron chi connectivity index (χ3n) is 7.04. The first-order valence-corrected chi connectivity index (χ1v) is 13.2. The highest BCUT2D eigenvalue weighted by Crippen LogP contribution is 2.43. The van der Waals surface area contributed by atoms with Gasteiger partial charge in [0.1, 0.15) is 0 Å². The Morgan fingerprint density at radius 1 is 1.09 bits per heavy atom. The number of carbonyl (C=O) groups excluding carboxylic acids is 1. The van der Waals surface area contributed by atoms with Crippen LogP contribution < -0.4 is 0 Å². The second-order valence-corrected chi connectivity index (χ2v) is 10.7. The van der Waals surface area contributed by atoms with Gasteiger partial charge in [-0.05, 0) is 42.0 Å². The van der Waals surface area contributed by atoms with Gasteiger partial charge in [0.15, 0.2) is 0 Å². The van der Waals surface area contributed by atoms with E-state index in [4.69, 9.17) is 4.74 Å². The van der Waals surface area contributed by atoms with Crippen molar-refractivity contribution < 1.29 is 23.1 Å². The average Bonchev–Trinajstić information content (AvgIpc) is 3.25. The molecule has 0 unspecified atom stereocenters. The Morgan fingerprint density at radius 3 is 2.47 bits per heavy atom. The number of aromatic nitrogens is 1. The molecule has 1 aliphatic rings. The molecule has 2 aromatic carbocycles. The van der Waals surface area contributed by atoms with E-state index >= 15 is 0 Å². The molecule has 0 saturated carbocycles. The largest absolute Gasteiger partial charge is 0.469 e. The summed E-state index contributed by atoms with van der Waals surface area (Å²) in [7, 11) is -2.38. The van der Waals surface area contributed by atoms with Crippen molar-refractivity contribution in [2.75, 3.05) is 26.8 Å². The number of hydrogen-bond donors (Lipinski definition) is 1. The number of nitrogens with zero attached hydrogens (tertiary/aromatic N) is 2. The summed E-state index contributed by atoms with van der Waals surface area (Å²) in [5, 5.41) is 10.6. The molecule has 2 heterocycles. The number of benzene rings is 2. The second-order valence-electron chi connectivity index (χ2n) is 8.89. The van der Waals surface area contributed by atoms with Gasteiger partial charge in [0.25, 0.3) is 10.0 Å². The smallest absolute Gasteiger partial charge is 0.305 e. The van der Waals surface area contributed by atoms with E-state index in [9.17, 15) is 18.3 Å². The first-order chi connectivity index (χ1) is 16.4. The Balaban J connectivity index is 1.82. The van der Waals surface area contributed by atoms with Crippen LogP contribution in [-0.2, 0) is 19.6 Å². The third kappa shape index (κ3) is 4.62. The van der Waals surface area contributed by atoms with Gasteiger partial charge < -0.3 is 9.84 Å². The molecule has 0 aliphatic carbocycles. The van der Waals surface area contributed by atoms with Crippen molar-refractivity contribution >= 4 is 26.9 Å². The summed E-state index contributed by atoms with van der Waals surface area (Å²) in [5.41, 5.74) is 1.51. The molecule has 3 atom stereocenters. The maximum atomic E-state index is 13.5. The molecular formula is C26H32N2O5S. The van der Waals surface area contributed by atoms with Crippen LogP contribution in [0.1, 0.15) is 37.8 Å². The van der Waals surface area contributed by atoms with Gasteiger partial charge in [0.2, 0.25) is 0 Å². The summed E-state index contributed by atoms with van der Waals surface area (Å²) in [6.45, 7) is 3.34. The SMILES string of the molecule is CC[C@@H]1CN(CCO)[C@H](c2cn(S(=O)(=O)c3ccccc3)c3ccccc23)C[C@H]1CC(=O)OC. The first-order valence-electron chi connectivity index (χ1n) is 11.7. The lowest BCUT2D eigenvalue weighted by atomic mass is 9.77. The van der Waals surface area contributed by atoms with Crippen molar-refractivity contribution in [2.24, 2.45) is 11.8 Å². The van der Waals surface area contributed by atoms with Crippen LogP contribution in [0.3, 0.4) is 0 Å². The first kappa shape index (κ1) is 24.4. The number of para-hydroxylation sites is 1. The molecule has 4 rings (SSSR count). The number of aliphatic hydroxyl groups is 1. The van der Waals surface area contributed by atoms with E-state index in [-0.39, 0.29) is 29.4 Å². The van der Waals surface area contributed by atoms with Crippen molar-refractivity contribution in [3.05, 3.63) is 66.4 Å². The monoisotopic (exact) mass is 484 g/mol. The lowest BCUT2D eigenvalue weighted by Gasteiger charge is -2.43. The maximum absolute atomic E-state index is 13.5. The van der Waals surface area contributed by atoms with Gasteiger partial charge in [-0.3, -0.25) is 9.69 Å². The van der Waals surface area contributed by atoms with E-state index < -0.39 is 10.0 Å². The minimum atomic E-state index is -3.79. The predicted octanol–water partition coefficient (Wildman–Crippen LogP) is 3.82. The van der Waals surface area contributed by atoms with Crippen LogP contribution in [0.25, 0.3) is 10.9 Å². The zero-order valence-electron chi connectivity index (χ0n) is 19.6. The molecule has 1 N–H and O–H groups in total. The number of aliphatic hydroxyl groups excluding tert-OH is 1. The number of ether oxygens (including phenoxy) is 1. The fourth-order valence-corrected chi connectivity index (χ4v) is 6.66. The van der Waals surface area contributed by atoms with Crippen LogP contribution >= 0.6 is 0 Å². The standard InChI is InChI=1S/C26H32N2O5S/c1-3-19-17-27(13-14-29)25(15-20(19)16-26(30)33-2)23-18-28(24-12-8-7-11-22(23)24)34(31,32)21-9-5-4-6-10-21/h4-12,18-20,25,29H,3,13-17H2,1-2H3/t19-,20+,25+/m1/s1. The molecule has 3 aromatic rings. The van der Waals surface area contributed by atoms with Gasteiger partial charge in [-0.15, -0.1) is 0 Å². The summed E-state index contributed by atoms with van der Waals surface area (Å²) in [6.07, 6.45) is 3.66. The molecule has 0 amide bonds. The van der Waals surface area contributed by atoms with Gasteiger partial charge >= 0.3 is 5.97 Å². The summed E-state index contributed by atoms with van der Waals surface area (Å²) in [6, 6.07) is 15.8. The molecule has 182 valence electrons. The minimum Gasteiger partial charge on any atom is -0.469 e. The molecule has 1 aliphatic heterocycles. The molecule has 1 fully saturated rings.